The van der Waals surface area contributed by atoms with Crippen molar-refractivity contribution in [2.45, 2.75) is 25.4 Å². The lowest BCUT2D eigenvalue weighted by atomic mass is 10.2. The van der Waals surface area contributed by atoms with Gasteiger partial charge >= 0.3 is 5.69 Å². The van der Waals surface area contributed by atoms with Crippen LogP contribution in [0.1, 0.15) is 18.6 Å². The number of nitrogens with zero attached hydrogens (tertiary/aromatic N) is 3. The Balaban J connectivity index is 1.75. The summed E-state index contributed by atoms with van der Waals surface area (Å²) in [6.07, 6.45) is 5.72. The van der Waals surface area contributed by atoms with Crippen molar-refractivity contribution in [1.29, 1.82) is 0 Å². The minimum Gasteiger partial charge on any atom is -0.467 e. The van der Waals surface area contributed by atoms with Crippen molar-refractivity contribution in [3.8, 4) is 0 Å². The molecule has 0 aliphatic carbocycles. The molecular weight excluding hydrogens is 300 g/mol. The molecule has 23 heavy (non-hydrogen) atoms. The van der Waals surface area contributed by atoms with Crippen LogP contribution in [0, 0.1) is 10.1 Å². The van der Waals surface area contributed by atoms with E-state index in [1.54, 1.807) is 29.4 Å². The molecule has 3 heterocycles. The van der Waals surface area contributed by atoms with Crippen LogP contribution < -0.4 is 10.2 Å². The zero-order valence-electron chi connectivity index (χ0n) is 12.3. The van der Waals surface area contributed by atoms with Gasteiger partial charge in [0.25, 0.3) is 0 Å². The molecule has 1 fully saturated rings. The Bertz CT molecular complexity index is 701. The first-order valence-corrected chi connectivity index (χ1v) is 7.32. The van der Waals surface area contributed by atoms with Crippen LogP contribution in [-0.2, 0) is 11.3 Å². The molecule has 2 aromatic rings. The molecule has 1 aliphatic heterocycles. The van der Waals surface area contributed by atoms with Gasteiger partial charge in [0, 0.05) is 12.7 Å². The summed E-state index contributed by atoms with van der Waals surface area (Å²) in [4.78, 5) is 28.7. The van der Waals surface area contributed by atoms with Crippen LogP contribution in [-0.4, -0.2) is 28.4 Å². The molecule has 1 amide bonds. The third-order valence-corrected chi connectivity index (χ3v) is 3.86. The molecule has 0 spiro atoms. The molecule has 0 saturated carbocycles. The average Bonchev–Trinajstić information content (AvgIpc) is 3.24. The molecule has 0 radical (unpaired) electrons. The molecule has 3 rings (SSSR count). The second kappa shape index (κ2) is 6.47. The molecule has 0 bridgehead atoms. The van der Waals surface area contributed by atoms with Crippen LogP contribution in [0.25, 0.3) is 0 Å². The van der Waals surface area contributed by atoms with E-state index in [4.69, 9.17) is 4.42 Å². The van der Waals surface area contributed by atoms with Crippen LogP contribution >= 0.6 is 0 Å². The second-order valence-corrected chi connectivity index (χ2v) is 5.27. The minimum atomic E-state index is -0.474. The highest BCUT2D eigenvalue weighted by Crippen LogP contribution is 2.32. The second-order valence-electron chi connectivity index (χ2n) is 5.27. The van der Waals surface area contributed by atoms with Crippen molar-refractivity contribution in [1.82, 2.24) is 10.3 Å². The van der Waals surface area contributed by atoms with Crippen LogP contribution in [0.2, 0.25) is 0 Å². The fourth-order valence-corrected chi connectivity index (χ4v) is 2.80. The average molecular weight is 316 g/mol. The van der Waals surface area contributed by atoms with E-state index in [1.807, 2.05) is 0 Å². The van der Waals surface area contributed by atoms with Crippen molar-refractivity contribution in [2.75, 3.05) is 11.4 Å². The predicted octanol–water partition coefficient (Wildman–Crippen LogP) is 1.87. The molecule has 1 unspecified atom stereocenters. The zero-order valence-corrected chi connectivity index (χ0v) is 12.3. The summed E-state index contributed by atoms with van der Waals surface area (Å²) in [7, 11) is 0. The van der Waals surface area contributed by atoms with Crippen LogP contribution in [0.4, 0.5) is 11.4 Å². The van der Waals surface area contributed by atoms with E-state index in [9.17, 15) is 14.9 Å². The number of amides is 1. The standard InChI is InChI=1S/C15H16N4O4/c20-15(17-9-11-3-2-8-23-11)13-4-1-7-18(13)12-5-6-16-10-14(12)19(21)22/h2-3,5-6,8,10,13H,1,4,7,9H2,(H,17,20). The summed E-state index contributed by atoms with van der Waals surface area (Å²) in [5, 5.41) is 14.0. The summed E-state index contributed by atoms with van der Waals surface area (Å²) in [6.45, 7) is 0.901. The van der Waals surface area contributed by atoms with Gasteiger partial charge in [-0.25, -0.2) is 0 Å². The molecule has 1 atom stereocenters. The lowest BCUT2D eigenvalue weighted by molar-refractivity contribution is -0.384. The molecule has 8 nitrogen and oxygen atoms in total. The van der Waals surface area contributed by atoms with Crippen LogP contribution in [0.15, 0.2) is 41.3 Å². The lowest BCUT2D eigenvalue weighted by Crippen LogP contribution is -2.43. The van der Waals surface area contributed by atoms with Gasteiger partial charge in [0.15, 0.2) is 0 Å². The summed E-state index contributed by atoms with van der Waals surface area (Å²) in [5.41, 5.74) is 0.346. The number of nitrogens with one attached hydrogen (secondary N) is 1. The van der Waals surface area contributed by atoms with Gasteiger partial charge in [-0.2, -0.15) is 0 Å². The maximum Gasteiger partial charge on any atom is 0.310 e. The van der Waals surface area contributed by atoms with E-state index >= 15 is 0 Å². The highest BCUT2D eigenvalue weighted by atomic mass is 16.6. The van der Waals surface area contributed by atoms with Crippen molar-refractivity contribution in [3.63, 3.8) is 0 Å². The van der Waals surface area contributed by atoms with Gasteiger partial charge in [-0.05, 0) is 31.0 Å². The molecular formula is C15H16N4O4. The van der Waals surface area contributed by atoms with E-state index in [2.05, 4.69) is 10.3 Å². The van der Waals surface area contributed by atoms with Gasteiger partial charge in [0.05, 0.1) is 17.7 Å². The number of pyridine rings is 1. The van der Waals surface area contributed by atoms with Crippen molar-refractivity contribution >= 4 is 17.3 Å². The van der Waals surface area contributed by atoms with E-state index < -0.39 is 11.0 Å². The number of hydrogen-bond acceptors (Lipinski definition) is 6. The zero-order chi connectivity index (χ0) is 16.2. The Labute approximate surface area is 132 Å². The quantitative estimate of drug-likeness (QED) is 0.667. The number of carbonyl (C=O) groups is 1. The molecule has 8 heteroatoms. The fraction of sp³-hybridized carbons (Fsp3) is 0.333. The van der Waals surface area contributed by atoms with Gasteiger partial charge in [-0.15, -0.1) is 0 Å². The monoisotopic (exact) mass is 316 g/mol. The van der Waals surface area contributed by atoms with Gasteiger partial charge in [0.1, 0.15) is 23.7 Å². The SMILES string of the molecule is O=C(NCc1ccco1)C1CCCN1c1ccncc1[N+](=O)[O-]. The van der Waals surface area contributed by atoms with Crippen LogP contribution in [0.5, 0.6) is 0 Å². The van der Waals surface area contributed by atoms with Gasteiger partial charge in [-0.1, -0.05) is 0 Å². The van der Waals surface area contributed by atoms with Crippen LogP contribution in [0.3, 0.4) is 0 Å². The fourth-order valence-electron chi connectivity index (χ4n) is 2.80. The Kier molecular flexibility index (Phi) is 4.22. The first-order valence-electron chi connectivity index (χ1n) is 7.32. The summed E-state index contributed by atoms with van der Waals surface area (Å²) < 4.78 is 5.18. The third-order valence-electron chi connectivity index (χ3n) is 3.86. The number of nitro groups is 1. The van der Waals surface area contributed by atoms with Gasteiger partial charge in [0.2, 0.25) is 5.91 Å². The number of anilines is 1. The maximum absolute atomic E-state index is 12.4. The smallest absolute Gasteiger partial charge is 0.310 e. The van der Waals surface area contributed by atoms with E-state index in [-0.39, 0.29) is 11.6 Å². The summed E-state index contributed by atoms with van der Waals surface area (Å²) in [6, 6.07) is 4.69. The Hall–Kier alpha value is -2.90. The first-order chi connectivity index (χ1) is 11.2. The van der Waals surface area contributed by atoms with Crippen molar-refractivity contribution in [2.24, 2.45) is 0 Å². The largest absolute Gasteiger partial charge is 0.467 e. The maximum atomic E-state index is 12.4. The normalized spacial score (nSPS) is 17.2. The highest BCUT2D eigenvalue weighted by molar-refractivity contribution is 5.86. The molecule has 1 saturated heterocycles. The minimum absolute atomic E-state index is 0.0850. The molecule has 2 aromatic heterocycles. The Morgan fingerprint density at radius 1 is 1.52 bits per heavy atom. The van der Waals surface area contributed by atoms with E-state index in [1.165, 1.54) is 12.4 Å². The third kappa shape index (κ3) is 3.15. The Morgan fingerprint density at radius 3 is 3.13 bits per heavy atom. The lowest BCUT2D eigenvalue weighted by Gasteiger charge is -2.25. The topological polar surface area (TPSA) is 102 Å². The molecule has 0 aromatic carbocycles. The first kappa shape index (κ1) is 15.0. The van der Waals surface area contributed by atoms with E-state index in [0.29, 0.717) is 31.0 Å². The predicted molar refractivity (Wildman–Crippen MR) is 81.8 cm³/mol. The number of furan rings is 1. The molecule has 1 N–H and O–H groups in total. The Morgan fingerprint density at radius 2 is 2.39 bits per heavy atom. The van der Waals surface area contributed by atoms with Crippen molar-refractivity contribution in [3.05, 3.63) is 52.7 Å². The van der Waals surface area contributed by atoms with E-state index in [0.717, 1.165) is 6.42 Å². The van der Waals surface area contributed by atoms with Crippen molar-refractivity contribution < 1.29 is 14.1 Å². The number of hydrogen-bond donors (Lipinski definition) is 1. The summed E-state index contributed by atoms with van der Waals surface area (Å²) in [5.74, 6) is 0.503. The van der Waals surface area contributed by atoms with Gasteiger partial charge in [-0.3, -0.25) is 19.9 Å². The summed E-state index contributed by atoms with van der Waals surface area (Å²) >= 11 is 0. The number of rotatable bonds is 5. The molecule has 1 aliphatic rings. The highest BCUT2D eigenvalue weighted by Gasteiger charge is 2.34. The van der Waals surface area contributed by atoms with Gasteiger partial charge < -0.3 is 14.6 Å². The number of carbonyl (C=O) groups excluding carboxylic acids is 1. The number of aromatic nitrogens is 1. The molecule has 120 valence electrons.